The van der Waals surface area contributed by atoms with E-state index in [4.69, 9.17) is 18.9 Å². The van der Waals surface area contributed by atoms with Crippen LogP contribution in [0.15, 0.2) is 29.1 Å². The van der Waals surface area contributed by atoms with Gasteiger partial charge in [0.1, 0.15) is 48.8 Å². The van der Waals surface area contributed by atoms with Crippen molar-refractivity contribution in [3.05, 3.63) is 34.7 Å². The minimum atomic E-state index is -1.62. The molecule has 2 fully saturated rings. The van der Waals surface area contributed by atoms with E-state index >= 15 is 0 Å². The van der Waals surface area contributed by atoms with Gasteiger partial charge < -0.3 is 49.6 Å². The van der Waals surface area contributed by atoms with Crippen LogP contribution in [0.1, 0.15) is 117 Å². The number of aliphatic hydroxyl groups excluding tert-OH is 6. The van der Waals surface area contributed by atoms with Crippen LogP contribution in [0.4, 0.5) is 0 Å². The number of rotatable bonds is 24. The third kappa shape index (κ3) is 11.8. The lowest BCUT2D eigenvalue weighted by atomic mass is 9.98. The number of benzene rings is 1. The lowest BCUT2D eigenvalue weighted by Crippen LogP contribution is -2.60. The molecule has 0 spiro atoms. The van der Waals surface area contributed by atoms with Crippen LogP contribution in [0.25, 0.3) is 11.0 Å². The topological polar surface area (TPSA) is 185 Å². The van der Waals surface area contributed by atoms with Crippen LogP contribution >= 0.6 is 0 Å². The molecule has 13 heteroatoms. The van der Waals surface area contributed by atoms with E-state index in [0.717, 1.165) is 51.4 Å². The number of imidazole rings is 1. The minimum absolute atomic E-state index is 0.158. The zero-order chi connectivity index (χ0) is 37.5. The lowest BCUT2D eigenvalue weighted by Gasteiger charge is -2.40. The Kier molecular flexibility index (Phi) is 18.5. The average molecular weight is 739 g/mol. The van der Waals surface area contributed by atoms with E-state index in [-0.39, 0.29) is 13.1 Å². The highest BCUT2D eigenvalue weighted by Crippen LogP contribution is 2.27. The number of nitrogens with zero attached hydrogens (tertiary/aromatic N) is 2. The summed E-state index contributed by atoms with van der Waals surface area (Å²) in [6.07, 6.45) is 4.53. The quantitative estimate of drug-likeness (QED) is 0.0863. The van der Waals surface area contributed by atoms with Gasteiger partial charge in [-0.25, -0.2) is 4.79 Å². The molecule has 0 bridgehead atoms. The van der Waals surface area contributed by atoms with Crippen LogP contribution in [0.3, 0.4) is 0 Å². The van der Waals surface area contributed by atoms with Crippen molar-refractivity contribution in [1.29, 1.82) is 0 Å². The summed E-state index contributed by atoms with van der Waals surface area (Å²) in [7, 11) is 0. The molecule has 0 radical (unpaired) electrons. The maximum atomic E-state index is 14.0. The Morgan fingerprint density at radius 2 is 0.885 bits per heavy atom. The molecule has 13 nitrogen and oxygen atoms in total. The predicted octanol–water partition coefficient (Wildman–Crippen LogP) is 3.73. The zero-order valence-electron chi connectivity index (χ0n) is 31.3. The van der Waals surface area contributed by atoms with E-state index < -0.39 is 67.1 Å². The van der Waals surface area contributed by atoms with Crippen LogP contribution in [-0.4, -0.2) is 114 Å². The second-order valence-electron chi connectivity index (χ2n) is 14.7. The van der Waals surface area contributed by atoms with Gasteiger partial charge in [-0.2, -0.15) is 0 Å². The summed E-state index contributed by atoms with van der Waals surface area (Å²) in [6.45, 7) is 4.68. The fraction of sp³-hybridized carbons (Fsp3) is 0.821. The number of fused-ring (bicyclic) bond motifs is 1. The van der Waals surface area contributed by atoms with E-state index in [1.807, 2.05) is 0 Å². The zero-order valence-corrected chi connectivity index (χ0v) is 31.3. The number of unbranched alkanes of at least 4 members (excludes halogenated alkanes) is 14. The Hall–Kier alpha value is -1.91. The van der Waals surface area contributed by atoms with E-state index in [2.05, 4.69) is 13.8 Å². The smallest absolute Gasteiger partial charge is 0.329 e. The maximum Gasteiger partial charge on any atom is 0.329 e. The fourth-order valence-electron chi connectivity index (χ4n) is 7.42. The summed E-state index contributed by atoms with van der Waals surface area (Å²) in [5.74, 6) is 0. The molecule has 4 rings (SSSR count). The average Bonchev–Trinajstić information content (AvgIpc) is 3.39. The first kappa shape index (κ1) is 42.8. The van der Waals surface area contributed by atoms with Crippen molar-refractivity contribution in [3.8, 4) is 0 Å². The van der Waals surface area contributed by atoms with E-state index in [9.17, 15) is 35.4 Å². The van der Waals surface area contributed by atoms with Crippen LogP contribution in [0.5, 0.6) is 0 Å². The molecule has 10 atom stereocenters. The molecule has 2 aliphatic heterocycles. The maximum absolute atomic E-state index is 14.0. The standard InChI is InChI=1S/C39H66N2O11/c1-3-5-7-9-11-13-15-19-23-49-35-31(42)29(51-37(46)33(35)44)25-40-27-21-17-18-22-28(27)41(39(40)48)26-30-32(43)36(34(45)38(47)52-30)50-24-20-16-14-12-10-8-6-4-2/h17-18,21-22,29-38,42-47H,3-16,19-20,23-26H2,1-2H3/t29-,30-,31-,32-,33-,34-,35+,36+,37-,38+/m1/s1. The van der Waals surface area contributed by atoms with Gasteiger partial charge in [-0.3, -0.25) is 9.13 Å². The molecule has 2 saturated heterocycles. The van der Waals surface area contributed by atoms with Crippen LogP contribution in [0, 0.1) is 0 Å². The number of para-hydroxylation sites is 2. The highest BCUT2D eigenvalue weighted by molar-refractivity contribution is 5.76. The molecule has 2 aliphatic rings. The van der Waals surface area contributed by atoms with Gasteiger partial charge in [-0.15, -0.1) is 0 Å². The van der Waals surface area contributed by atoms with E-state index in [1.165, 1.54) is 60.5 Å². The minimum Gasteiger partial charge on any atom is -0.388 e. The first-order valence-corrected chi connectivity index (χ1v) is 20.0. The molecular weight excluding hydrogens is 672 g/mol. The summed E-state index contributed by atoms with van der Waals surface area (Å²) in [5, 5.41) is 64.8. The Morgan fingerprint density at radius 3 is 1.25 bits per heavy atom. The van der Waals surface area contributed by atoms with Crippen molar-refractivity contribution in [1.82, 2.24) is 9.13 Å². The Balaban J connectivity index is 1.37. The highest BCUT2D eigenvalue weighted by Gasteiger charge is 2.46. The van der Waals surface area contributed by atoms with E-state index in [1.54, 1.807) is 24.3 Å². The third-order valence-electron chi connectivity index (χ3n) is 10.6. The number of ether oxygens (including phenoxy) is 4. The van der Waals surface area contributed by atoms with Gasteiger partial charge >= 0.3 is 5.69 Å². The van der Waals surface area contributed by atoms with E-state index in [0.29, 0.717) is 24.2 Å². The lowest BCUT2D eigenvalue weighted by molar-refractivity contribution is -0.292. The summed E-state index contributed by atoms with van der Waals surface area (Å²) in [5.41, 5.74) is 0.518. The van der Waals surface area contributed by atoms with Gasteiger partial charge in [0.05, 0.1) is 24.1 Å². The SMILES string of the molecule is CCCCCCCCCCO[C@@H]1[C@@H](O)[C@H](O)O[C@H](Cn2c(=O)n(C[C@H]3O[C@H](O)[C@H](O)[C@@H](OCCCCCCCCCC)[C@@H]3O)c3ccccc32)[C@H]1O. The fourth-order valence-corrected chi connectivity index (χ4v) is 7.42. The molecule has 0 saturated carbocycles. The molecule has 0 aliphatic carbocycles. The van der Waals surface area contributed by atoms with Crippen molar-refractivity contribution >= 4 is 11.0 Å². The molecule has 0 unspecified atom stereocenters. The van der Waals surface area contributed by atoms with Crippen LogP contribution in [0.2, 0.25) is 0 Å². The van der Waals surface area contributed by atoms with Crippen LogP contribution < -0.4 is 5.69 Å². The summed E-state index contributed by atoms with van der Waals surface area (Å²) in [4.78, 5) is 14.0. The number of hydrogen-bond acceptors (Lipinski definition) is 11. The summed E-state index contributed by atoms with van der Waals surface area (Å²) >= 11 is 0. The molecular formula is C39H66N2O11. The monoisotopic (exact) mass is 738 g/mol. The summed E-state index contributed by atoms with van der Waals surface area (Å²) < 4.78 is 25.8. The molecule has 1 aromatic carbocycles. The van der Waals surface area contributed by atoms with Gasteiger partial charge in [0, 0.05) is 13.2 Å². The van der Waals surface area contributed by atoms with Gasteiger partial charge in [0.15, 0.2) is 12.6 Å². The second-order valence-corrected chi connectivity index (χ2v) is 14.7. The number of aliphatic hydroxyl groups is 6. The van der Waals surface area contributed by atoms with Crippen LogP contribution in [-0.2, 0) is 32.0 Å². The van der Waals surface area contributed by atoms with Gasteiger partial charge in [-0.05, 0) is 25.0 Å². The molecule has 3 heterocycles. The highest BCUT2D eigenvalue weighted by atomic mass is 16.7. The number of hydrogen-bond donors (Lipinski definition) is 6. The molecule has 2 aromatic rings. The van der Waals surface area contributed by atoms with Crippen molar-refractivity contribution in [2.24, 2.45) is 0 Å². The van der Waals surface area contributed by atoms with Gasteiger partial charge in [0.2, 0.25) is 0 Å². The Bertz CT molecular complexity index is 1240. The second kappa shape index (κ2) is 22.5. The molecule has 52 heavy (non-hydrogen) atoms. The Labute approximate surface area is 308 Å². The van der Waals surface area contributed by atoms with Gasteiger partial charge in [-0.1, -0.05) is 116 Å². The number of aromatic nitrogens is 2. The van der Waals surface area contributed by atoms with Crippen molar-refractivity contribution < 1.29 is 49.6 Å². The van der Waals surface area contributed by atoms with Gasteiger partial charge in [0.25, 0.3) is 0 Å². The first-order chi connectivity index (χ1) is 25.2. The molecule has 1 aromatic heterocycles. The largest absolute Gasteiger partial charge is 0.388 e. The van der Waals surface area contributed by atoms with Crippen molar-refractivity contribution in [3.63, 3.8) is 0 Å². The Morgan fingerprint density at radius 1 is 0.538 bits per heavy atom. The molecule has 6 N–H and O–H groups in total. The summed E-state index contributed by atoms with van der Waals surface area (Å²) in [6, 6.07) is 6.99. The first-order valence-electron chi connectivity index (χ1n) is 20.0. The van der Waals surface area contributed by atoms with Crippen molar-refractivity contribution in [2.75, 3.05) is 13.2 Å². The van der Waals surface area contributed by atoms with Crippen molar-refractivity contribution in [2.45, 2.75) is 191 Å². The molecule has 298 valence electrons. The normalized spacial score (nSPS) is 29.6. The molecule has 0 amide bonds. The predicted molar refractivity (Wildman–Crippen MR) is 197 cm³/mol. The third-order valence-corrected chi connectivity index (χ3v) is 10.6.